The van der Waals surface area contributed by atoms with Crippen LogP contribution in [-0.4, -0.2) is 68.4 Å². The van der Waals surface area contributed by atoms with E-state index in [4.69, 9.17) is 0 Å². The van der Waals surface area contributed by atoms with Crippen LogP contribution in [0.4, 0.5) is 0 Å². The number of phenolic OH excluding ortho intramolecular Hbond substituents is 1. The van der Waals surface area contributed by atoms with E-state index in [2.05, 4.69) is 10.3 Å². The maximum atomic E-state index is 13.3. The number of piperidine rings is 1. The van der Waals surface area contributed by atoms with Gasteiger partial charge in [0.25, 0.3) is 5.91 Å². The predicted octanol–water partition coefficient (Wildman–Crippen LogP) is 4.44. The molecule has 10 nitrogen and oxygen atoms in total. The Balaban J connectivity index is 1.00. The Morgan fingerprint density at radius 3 is 2.33 bits per heavy atom. The molecule has 2 atom stereocenters. The monoisotopic (exact) mass is 661 g/mol. The summed E-state index contributed by atoms with van der Waals surface area (Å²) >= 11 is 0. The molecule has 10 heteroatoms. The van der Waals surface area contributed by atoms with E-state index in [-0.39, 0.29) is 29.7 Å². The molecule has 6 N–H and O–H groups in total. The molecule has 1 aliphatic rings. The fourth-order valence-corrected chi connectivity index (χ4v) is 6.65. The number of aliphatic carboxylic acids is 1. The van der Waals surface area contributed by atoms with Gasteiger partial charge >= 0.3 is 5.97 Å². The lowest BCUT2D eigenvalue weighted by atomic mass is 9.82. The maximum absolute atomic E-state index is 13.3. The molecule has 2 heterocycles. The Bertz CT molecular complexity index is 2000. The number of aliphatic hydroxyl groups excluding tert-OH is 1. The van der Waals surface area contributed by atoms with Gasteiger partial charge in [0.2, 0.25) is 11.2 Å². The van der Waals surface area contributed by atoms with Gasteiger partial charge in [-0.3, -0.25) is 9.59 Å². The van der Waals surface area contributed by atoms with Crippen LogP contribution in [0.1, 0.15) is 63.0 Å². The van der Waals surface area contributed by atoms with Crippen molar-refractivity contribution in [1.82, 2.24) is 15.2 Å². The van der Waals surface area contributed by atoms with E-state index in [0.29, 0.717) is 59.2 Å². The number of carboxylic acids is 1. The van der Waals surface area contributed by atoms with Crippen LogP contribution in [-0.2, 0) is 16.8 Å². The Hall–Kier alpha value is -5.29. The minimum Gasteiger partial charge on any atom is -0.506 e. The molecule has 0 unspecified atom stereocenters. The highest BCUT2D eigenvalue weighted by atomic mass is 16.4. The number of aromatic hydroxyl groups is 1. The van der Waals surface area contributed by atoms with Gasteiger partial charge in [0.1, 0.15) is 5.75 Å². The Labute approximate surface area is 283 Å². The molecule has 4 aromatic carbocycles. The third kappa shape index (κ3) is 7.12. The van der Waals surface area contributed by atoms with Crippen molar-refractivity contribution in [1.29, 1.82) is 0 Å². The van der Waals surface area contributed by atoms with Crippen molar-refractivity contribution in [3.63, 3.8) is 0 Å². The van der Waals surface area contributed by atoms with Gasteiger partial charge in [-0.05, 0) is 83.8 Å². The van der Waals surface area contributed by atoms with Crippen LogP contribution < -0.4 is 10.9 Å². The maximum Gasteiger partial charge on any atom is 0.345 e. The number of H-pyrrole nitrogens is 1. The van der Waals surface area contributed by atoms with E-state index in [1.165, 1.54) is 12.1 Å². The third-order valence-electron chi connectivity index (χ3n) is 9.45. The fraction of sp³-hybridized carbons (Fsp3) is 0.256. The molecule has 0 bridgehead atoms. The van der Waals surface area contributed by atoms with E-state index >= 15 is 0 Å². The van der Waals surface area contributed by atoms with Gasteiger partial charge in [0.15, 0.2) is 0 Å². The van der Waals surface area contributed by atoms with Crippen LogP contribution >= 0.6 is 0 Å². The smallest absolute Gasteiger partial charge is 0.345 e. The average molecular weight is 662 g/mol. The molecule has 252 valence electrons. The number of benzene rings is 4. The van der Waals surface area contributed by atoms with Crippen LogP contribution in [0, 0.1) is 0 Å². The van der Waals surface area contributed by atoms with Gasteiger partial charge < -0.3 is 35.6 Å². The van der Waals surface area contributed by atoms with E-state index in [1.807, 2.05) is 35.2 Å². The molecule has 0 radical (unpaired) electrons. The normalized spacial score (nSPS) is 15.5. The first kappa shape index (κ1) is 33.6. The molecule has 49 heavy (non-hydrogen) atoms. The van der Waals surface area contributed by atoms with Crippen LogP contribution in [0.15, 0.2) is 108 Å². The summed E-state index contributed by atoms with van der Waals surface area (Å²) in [6, 6.07) is 29.1. The summed E-state index contributed by atoms with van der Waals surface area (Å²) in [5.41, 5.74) is 1.60. The number of pyridine rings is 1. The fourth-order valence-electron chi connectivity index (χ4n) is 6.65. The number of aromatic amines is 1. The van der Waals surface area contributed by atoms with Gasteiger partial charge in [-0.1, -0.05) is 72.8 Å². The first-order valence-corrected chi connectivity index (χ1v) is 16.4. The summed E-state index contributed by atoms with van der Waals surface area (Å²) in [5, 5.41) is 46.0. The van der Waals surface area contributed by atoms with E-state index in [9.17, 15) is 34.8 Å². The number of phenols is 1. The molecule has 6 rings (SSSR count). The first-order valence-electron chi connectivity index (χ1n) is 16.4. The first-order chi connectivity index (χ1) is 23.6. The molecule has 1 aromatic heterocycles. The van der Waals surface area contributed by atoms with Crippen molar-refractivity contribution >= 4 is 22.8 Å². The largest absolute Gasteiger partial charge is 0.506 e. The number of carbonyl (C=O) groups is 2. The topological polar surface area (TPSA) is 163 Å². The summed E-state index contributed by atoms with van der Waals surface area (Å²) in [6.45, 7) is 2.01. The second-order valence-corrected chi connectivity index (χ2v) is 12.5. The highest BCUT2D eigenvalue weighted by Crippen LogP contribution is 2.35. The van der Waals surface area contributed by atoms with E-state index in [1.54, 1.807) is 60.7 Å². The summed E-state index contributed by atoms with van der Waals surface area (Å²) in [6.07, 6.45) is 1.29. The Morgan fingerprint density at radius 2 is 1.61 bits per heavy atom. The van der Waals surface area contributed by atoms with Gasteiger partial charge in [-0.2, -0.15) is 0 Å². The lowest BCUT2D eigenvalue weighted by Gasteiger charge is -2.33. The summed E-state index contributed by atoms with van der Waals surface area (Å²) in [7, 11) is 0. The van der Waals surface area contributed by atoms with Crippen molar-refractivity contribution in [3.8, 4) is 5.75 Å². The summed E-state index contributed by atoms with van der Waals surface area (Å²) in [4.78, 5) is 41.7. The second kappa shape index (κ2) is 14.4. The second-order valence-electron chi connectivity index (χ2n) is 12.5. The van der Waals surface area contributed by atoms with E-state index in [0.717, 1.165) is 24.0 Å². The number of hydrogen-bond acceptors (Lipinski definition) is 7. The number of amides is 1. The van der Waals surface area contributed by atoms with Gasteiger partial charge in [-0.25, -0.2) is 4.79 Å². The third-order valence-corrected chi connectivity index (χ3v) is 9.45. The minimum absolute atomic E-state index is 0.0354. The lowest BCUT2D eigenvalue weighted by molar-refractivity contribution is -0.155. The van der Waals surface area contributed by atoms with Crippen molar-refractivity contribution in [2.75, 3.05) is 26.2 Å². The van der Waals surface area contributed by atoms with Crippen LogP contribution in [0.2, 0.25) is 0 Å². The van der Waals surface area contributed by atoms with E-state index < -0.39 is 17.7 Å². The quantitative estimate of drug-likeness (QED) is 0.113. The highest BCUT2D eigenvalue weighted by molar-refractivity contribution is 5.94. The molecule has 5 aromatic rings. The number of fused-ring (bicyclic) bond motifs is 1. The van der Waals surface area contributed by atoms with Crippen molar-refractivity contribution in [3.05, 3.63) is 147 Å². The molecule has 1 saturated heterocycles. The standard InChI is InChI=1S/C39H39N3O7/c43-33-15-13-31(32-14-16-35(45)41-36(32)33)34(44)24-40-20-17-25-9-11-27(12-10-25)37(46)42-21-18-26(19-22-42)28-5-4-8-30(23-28)39(49,38(47)48)29-6-2-1-3-7-29/h1-16,23,26,34,40,43-44,49H,17-22,24H2,(H,41,45)(H,47,48)/t34-,39-/m0/s1. The minimum atomic E-state index is -2.16. The number of nitrogens with zero attached hydrogens (tertiary/aromatic N) is 1. The zero-order valence-electron chi connectivity index (χ0n) is 26.9. The number of likely N-dealkylation sites (tertiary alicyclic amines) is 1. The number of rotatable bonds is 11. The molecular weight excluding hydrogens is 622 g/mol. The van der Waals surface area contributed by atoms with Crippen LogP contribution in [0.3, 0.4) is 0 Å². The number of carbonyl (C=O) groups excluding carboxylic acids is 1. The molecule has 1 aliphatic heterocycles. The summed E-state index contributed by atoms with van der Waals surface area (Å²) in [5.74, 6) is -1.30. The van der Waals surface area contributed by atoms with Crippen molar-refractivity contribution < 1.29 is 30.0 Å². The predicted molar refractivity (Wildman–Crippen MR) is 186 cm³/mol. The molecular formula is C39H39N3O7. The van der Waals surface area contributed by atoms with Gasteiger partial charge in [0.05, 0.1) is 11.6 Å². The van der Waals surface area contributed by atoms with Gasteiger partial charge in [-0.15, -0.1) is 0 Å². The summed E-state index contributed by atoms with van der Waals surface area (Å²) < 4.78 is 0. The van der Waals surface area contributed by atoms with Crippen molar-refractivity contribution in [2.24, 2.45) is 0 Å². The van der Waals surface area contributed by atoms with Gasteiger partial charge in [0, 0.05) is 36.7 Å². The number of carboxylic acid groups (broad SMARTS) is 1. The lowest BCUT2D eigenvalue weighted by Crippen LogP contribution is -2.38. The SMILES string of the molecule is O=C(c1ccc(CCNC[C@H](O)c2ccc(O)c3[nH]c(=O)ccc23)cc1)N1CCC(c2cccc([C@](O)(C(=O)O)c3ccccc3)c2)CC1. The zero-order valence-corrected chi connectivity index (χ0v) is 26.9. The van der Waals surface area contributed by atoms with Crippen molar-refractivity contribution in [2.45, 2.75) is 36.9 Å². The average Bonchev–Trinajstić information content (AvgIpc) is 3.13. The molecule has 1 amide bonds. The number of hydrogen-bond donors (Lipinski definition) is 6. The Kier molecular flexibility index (Phi) is 9.91. The number of aromatic nitrogens is 1. The number of nitrogens with one attached hydrogen (secondary N) is 2. The highest BCUT2D eigenvalue weighted by Gasteiger charge is 2.40. The Morgan fingerprint density at radius 1 is 0.898 bits per heavy atom. The van der Waals surface area contributed by atoms with Crippen LogP contribution in [0.5, 0.6) is 5.75 Å². The molecule has 0 spiro atoms. The molecule has 0 aliphatic carbocycles. The number of aliphatic hydroxyl groups is 2. The molecule has 1 fully saturated rings. The zero-order chi connectivity index (χ0) is 34.5. The molecule has 0 saturated carbocycles. The van der Waals surface area contributed by atoms with Crippen LogP contribution in [0.25, 0.3) is 10.9 Å².